The lowest BCUT2D eigenvalue weighted by molar-refractivity contribution is -0.138. The average molecular weight is 282 g/mol. The number of carboxylic acids is 1. The Morgan fingerprint density at radius 1 is 1.47 bits per heavy atom. The smallest absolute Gasteiger partial charge is 0.312 e. The van der Waals surface area contributed by atoms with E-state index in [9.17, 15) is 4.79 Å². The molecule has 5 nitrogen and oxygen atoms in total. The molecule has 1 aromatic rings. The van der Waals surface area contributed by atoms with E-state index in [0.717, 1.165) is 41.2 Å². The minimum absolute atomic E-state index is 0.409. The van der Waals surface area contributed by atoms with Gasteiger partial charge < -0.3 is 15.2 Å². The van der Waals surface area contributed by atoms with E-state index in [1.165, 1.54) is 12.8 Å². The van der Waals surface area contributed by atoms with Crippen molar-refractivity contribution in [3.05, 3.63) is 10.6 Å². The molecule has 0 aromatic carbocycles. The lowest BCUT2D eigenvalue weighted by atomic mass is 10.1. The first kappa shape index (κ1) is 12.9. The molecule has 1 aromatic heterocycles. The van der Waals surface area contributed by atoms with E-state index in [4.69, 9.17) is 9.84 Å². The fourth-order valence-corrected chi connectivity index (χ4v) is 3.37. The second-order valence-corrected chi connectivity index (χ2v) is 6.29. The predicted molar refractivity (Wildman–Crippen MR) is 72.8 cm³/mol. The fraction of sp³-hybridized carbons (Fsp3) is 0.692. The van der Waals surface area contributed by atoms with Crippen molar-refractivity contribution >= 4 is 22.4 Å². The molecular weight excluding hydrogens is 264 g/mol. The van der Waals surface area contributed by atoms with Gasteiger partial charge in [-0.15, -0.1) is 11.3 Å². The quantitative estimate of drug-likeness (QED) is 0.749. The maximum atomic E-state index is 11.1. The molecule has 6 heteroatoms. The maximum Gasteiger partial charge on any atom is 0.312 e. The van der Waals surface area contributed by atoms with Crippen LogP contribution in [0.5, 0.6) is 0 Å². The number of hydrogen-bond donors (Lipinski definition) is 2. The van der Waals surface area contributed by atoms with Crippen LogP contribution in [0, 0.1) is 5.92 Å². The van der Waals surface area contributed by atoms with E-state index in [1.807, 2.05) is 0 Å². The summed E-state index contributed by atoms with van der Waals surface area (Å²) in [6.45, 7) is 2.29. The summed E-state index contributed by atoms with van der Waals surface area (Å²) in [7, 11) is 0. The van der Waals surface area contributed by atoms with Crippen LogP contribution >= 0.6 is 11.3 Å². The number of aliphatic carboxylic acids is 1. The van der Waals surface area contributed by atoms with Crippen molar-refractivity contribution in [3.63, 3.8) is 0 Å². The molecule has 0 amide bonds. The zero-order valence-corrected chi connectivity index (χ0v) is 11.5. The number of anilines is 1. The van der Waals surface area contributed by atoms with Gasteiger partial charge in [-0.1, -0.05) is 0 Å². The number of ether oxygens (including phenoxy) is 1. The molecule has 0 spiro atoms. The van der Waals surface area contributed by atoms with Crippen molar-refractivity contribution in [2.24, 2.45) is 5.92 Å². The van der Waals surface area contributed by atoms with Crippen molar-refractivity contribution < 1.29 is 14.6 Å². The van der Waals surface area contributed by atoms with Gasteiger partial charge in [0, 0.05) is 18.0 Å². The molecular formula is C13H18N2O3S. The van der Waals surface area contributed by atoms with E-state index in [1.54, 1.807) is 11.3 Å². The molecule has 0 bridgehead atoms. The molecule has 104 valence electrons. The first-order valence-corrected chi connectivity index (χ1v) is 7.59. The molecule has 2 aliphatic carbocycles. The van der Waals surface area contributed by atoms with Gasteiger partial charge in [-0.2, -0.15) is 0 Å². The predicted octanol–water partition coefficient (Wildman–Crippen LogP) is 2.10. The lowest BCUT2D eigenvalue weighted by Crippen LogP contribution is -2.11. The Morgan fingerprint density at radius 3 is 3.05 bits per heavy atom. The molecule has 1 fully saturated rings. The Morgan fingerprint density at radius 2 is 2.32 bits per heavy atom. The molecule has 1 heterocycles. The van der Waals surface area contributed by atoms with Gasteiger partial charge in [0.25, 0.3) is 0 Å². The van der Waals surface area contributed by atoms with Crippen LogP contribution in [0.4, 0.5) is 5.13 Å². The van der Waals surface area contributed by atoms with Crippen LogP contribution in [0.2, 0.25) is 0 Å². The Bertz CT molecular complexity index is 470. The van der Waals surface area contributed by atoms with Gasteiger partial charge in [0.05, 0.1) is 12.3 Å². The SMILES string of the molecule is O=C(O)C1CCc2sc(NCCOCC3CC3)nc21. The molecule has 3 rings (SSSR count). The number of nitrogens with zero attached hydrogens (tertiary/aromatic N) is 1. The number of carboxylic acid groups (broad SMARTS) is 1. The number of aromatic nitrogens is 1. The minimum atomic E-state index is -0.761. The topological polar surface area (TPSA) is 71.5 Å². The summed E-state index contributed by atoms with van der Waals surface area (Å²) >= 11 is 1.58. The monoisotopic (exact) mass is 282 g/mol. The standard InChI is InChI=1S/C13H18N2O3S/c16-12(17)9-3-4-10-11(9)15-13(19-10)14-5-6-18-7-8-1-2-8/h8-9H,1-7H2,(H,14,15)(H,16,17). The van der Waals surface area contributed by atoms with Crippen LogP contribution in [-0.2, 0) is 16.0 Å². The summed E-state index contributed by atoms with van der Waals surface area (Å²) in [6, 6.07) is 0. The van der Waals surface area contributed by atoms with Crippen LogP contribution in [0.3, 0.4) is 0 Å². The first-order chi connectivity index (χ1) is 9.24. The fourth-order valence-electron chi connectivity index (χ4n) is 2.31. The van der Waals surface area contributed by atoms with Gasteiger partial charge in [0.2, 0.25) is 0 Å². The van der Waals surface area contributed by atoms with Crippen LogP contribution < -0.4 is 5.32 Å². The van der Waals surface area contributed by atoms with Crippen LogP contribution in [0.25, 0.3) is 0 Å². The summed E-state index contributed by atoms with van der Waals surface area (Å²) in [5.74, 6) is -0.378. The molecule has 2 aliphatic rings. The number of thiazole rings is 1. The Labute approximate surface area is 116 Å². The molecule has 1 unspecified atom stereocenters. The van der Waals surface area contributed by atoms with E-state index in [-0.39, 0.29) is 0 Å². The summed E-state index contributed by atoms with van der Waals surface area (Å²) in [6.07, 6.45) is 4.14. The number of rotatable bonds is 7. The number of aryl methyl sites for hydroxylation is 1. The molecule has 1 atom stereocenters. The molecule has 19 heavy (non-hydrogen) atoms. The summed E-state index contributed by atoms with van der Waals surface area (Å²) in [5.41, 5.74) is 0.763. The van der Waals surface area contributed by atoms with Crippen LogP contribution in [-0.4, -0.2) is 35.8 Å². The zero-order valence-electron chi connectivity index (χ0n) is 10.7. The Hall–Kier alpha value is -1.14. The van der Waals surface area contributed by atoms with Crippen molar-refractivity contribution in [2.45, 2.75) is 31.6 Å². The van der Waals surface area contributed by atoms with Crippen LogP contribution in [0.15, 0.2) is 0 Å². The summed E-state index contributed by atoms with van der Waals surface area (Å²) in [5, 5.41) is 13.1. The van der Waals surface area contributed by atoms with Crippen molar-refractivity contribution in [1.29, 1.82) is 0 Å². The van der Waals surface area contributed by atoms with Crippen molar-refractivity contribution in [2.75, 3.05) is 25.1 Å². The van der Waals surface area contributed by atoms with Crippen LogP contribution in [0.1, 0.15) is 35.8 Å². The molecule has 0 radical (unpaired) electrons. The lowest BCUT2D eigenvalue weighted by Gasteiger charge is -2.05. The number of carbonyl (C=O) groups is 1. The second-order valence-electron chi connectivity index (χ2n) is 5.20. The summed E-state index contributed by atoms with van der Waals surface area (Å²) in [4.78, 5) is 16.6. The normalized spacial score (nSPS) is 21.4. The molecule has 1 saturated carbocycles. The Kier molecular flexibility index (Phi) is 3.70. The van der Waals surface area contributed by atoms with Crippen molar-refractivity contribution in [3.8, 4) is 0 Å². The third-order valence-electron chi connectivity index (χ3n) is 3.59. The van der Waals surface area contributed by atoms with Gasteiger partial charge in [-0.05, 0) is 31.6 Å². The van der Waals surface area contributed by atoms with Gasteiger partial charge in [-0.25, -0.2) is 4.98 Å². The molecule has 0 aliphatic heterocycles. The highest BCUT2D eigenvalue weighted by molar-refractivity contribution is 7.15. The third kappa shape index (κ3) is 3.06. The van der Waals surface area contributed by atoms with Gasteiger partial charge in [0.1, 0.15) is 5.92 Å². The van der Waals surface area contributed by atoms with E-state index in [0.29, 0.717) is 13.0 Å². The first-order valence-electron chi connectivity index (χ1n) is 6.78. The Balaban J connectivity index is 1.46. The molecule has 0 saturated heterocycles. The van der Waals surface area contributed by atoms with E-state index in [2.05, 4.69) is 10.3 Å². The third-order valence-corrected chi connectivity index (χ3v) is 4.68. The number of nitrogens with one attached hydrogen (secondary N) is 1. The number of hydrogen-bond acceptors (Lipinski definition) is 5. The second kappa shape index (κ2) is 5.46. The minimum Gasteiger partial charge on any atom is -0.481 e. The highest BCUT2D eigenvalue weighted by atomic mass is 32.1. The summed E-state index contributed by atoms with van der Waals surface area (Å²) < 4.78 is 5.54. The van der Waals surface area contributed by atoms with Crippen molar-refractivity contribution in [1.82, 2.24) is 4.98 Å². The molecule has 2 N–H and O–H groups in total. The van der Waals surface area contributed by atoms with E-state index < -0.39 is 11.9 Å². The number of fused-ring (bicyclic) bond motifs is 1. The largest absolute Gasteiger partial charge is 0.481 e. The highest BCUT2D eigenvalue weighted by Gasteiger charge is 2.32. The van der Waals surface area contributed by atoms with Gasteiger partial charge in [0.15, 0.2) is 5.13 Å². The highest BCUT2D eigenvalue weighted by Crippen LogP contribution is 2.38. The van der Waals surface area contributed by atoms with Gasteiger partial charge in [-0.3, -0.25) is 4.79 Å². The zero-order chi connectivity index (χ0) is 13.2. The van der Waals surface area contributed by atoms with E-state index >= 15 is 0 Å². The maximum absolute atomic E-state index is 11.1. The average Bonchev–Trinajstić information content (AvgIpc) is 2.96. The van der Waals surface area contributed by atoms with Gasteiger partial charge >= 0.3 is 5.97 Å².